The second-order valence-corrected chi connectivity index (χ2v) is 33.7. The Bertz CT molecular complexity index is 1200. The van der Waals surface area contributed by atoms with Crippen molar-refractivity contribution < 1.29 is 0 Å². The fraction of sp³-hybridized carbons (Fsp3) is 1.00. The lowest BCUT2D eigenvalue weighted by Gasteiger charge is -2.33. The van der Waals surface area contributed by atoms with E-state index in [0.29, 0.717) is 5.41 Å². The molecule has 0 aromatic heterocycles. The van der Waals surface area contributed by atoms with Crippen molar-refractivity contribution in [2.24, 2.45) is 105 Å². The fourth-order valence-corrected chi connectivity index (χ4v) is 11.7. The number of unbranched alkanes of at least 4 members (excludes halogenated alkanes) is 6. The van der Waals surface area contributed by atoms with Crippen LogP contribution in [0.5, 0.6) is 0 Å². The van der Waals surface area contributed by atoms with Crippen LogP contribution in [0, 0.1) is 105 Å². The van der Waals surface area contributed by atoms with Gasteiger partial charge in [-0.25, -0.2) is 0 Å². The van der Waals surface area contributed by atoms with Crippen molar-refractivity contribution in [2.75, 3.05) is 0 Å². The van der Waals surface area contributed by atoms with Crippen molar-refractivity contribution in [1.82, 2.24) is 0 Å². The largest absolute Gasteiger partial charge is 0.0776 e. The maximum Gasteiger partial charge on any atom is -0.0268 e. The number of hydrogen-bond donors (Lipinski definition) is 0. The molecule has 0 radical (unpaired) electrons. The molecule has 9 aliphatic carbocycles. The maximum atomic E-state index is 2.37. The summed E-state index contributed by atoms with van der Waals surface area (Å²) in [6, 6.07) is 0. The molecule has 0 saturated heterocycles. The zero-order chi connectivity index (χ0) is 64.6. The molecule has 0 aromatic carbocycles. The molecule has 7 atom stereocenters. The van der Waals surface area contributed by atoms with Crippen LogP contribution in [0.4, 0.5) is 0 Å². The van der Waals surface area contributed by atoms with Crippen LogP contribution in [0.3, 0.4) is 0 Å². The van der Waals surface area contributed by atoms with E-state index in [9.17, 15) is 0 Å². The van der Waals surface area contributed by atoms with E-state index >= 15 is 0 Å². The first-order valence-corrected chi connectivity index (χ1v) is 38.8. The van der Waals surface area contributed by atoms with E-state index in [4.69, 9.17) is 0 Å². The van der Waals surface area contributed by atoms with Crippen molar-refractivity contribution in [2.45, 2.75) is 528 Å². The van der Waals surface area contributed by atoms with Crippen molar-refractivity contribution in [1.29, 1.82) is 0 Å². The third kappa shape index (κ3) is 96.1. The molecule has 96 heavy (non-hydrogen) atoms. The molecule has 0 N–H and O–H groups in total. The molecule has 9 fully saturated rings. The average molecular weight is 1380 g/mol. The van der Waals surface area contributed by atoms with E-state index in [1.54, 1.807) is 19.3 Å². The SMILES string of the molecule is C.C.C.C.C.C.C.C.C.C.C.C.C.CC(C)CC(C)C.CC1(C)CCC1.CC1CC(C)C1.CC1CC1(C)C.CC1CCCC1.CC1CC[C@H]1C.CCC1CC1C.CCC1CCC1.CCCCC(C)C.CCCCC(C)C.CCCCCCC.CCC[C@H](C)CC.C[C@H]1CC12CC2. The molecule has 0 aromatic rings. The number of hydrogen-bond acceptors (Lipinski definition) is 0. The molecule has 0 bridgehead atoms. The van der Waals surface area contributed by atoms with Crippen LogP contribution in [-0.4, -0.2) is 0 Å². The minimum atomic E-state index is 0. The summed E-state index contributed by atoms with van der Waals surface area (Å²) in [5.74, 6) is 15.1. The maximum absolute atomic E-state index is 2.37. The van der Waals surface area contributed by atoms with E-state index in [-0.39, 0.29) is 96.5 Å². The molecule has 0 heterocycles. The smallest absolute Gasteiger partial charge is 0.0268 e. The first-order chi connectivity index (χ1) is 38.8. The van der Waals surface area contributed by atoms with Gasteiger partial charge >= 0.3 is 0 Å². The Kier molecular flexibility index (Phi) is 124. The fourth-order valence-electron chi connectivity index (χ4n) is 11.7. The van der Waals surface area contributed by atoms with E-state index in [2.05, 4.69) is 201 Å². The van der Waals surface area contributed by atoms with Gasteiger partial charge in [0.25, 0.3) is 0 Å². The van der Waals surface area contributed by atoms with Crippen LogP contribution in [-0.2, 0) is 0 Å². The van der Waals surface area contributed by atoms with Gasteiger partial charge in [-0.05, 0) is 169 Å². The van der Waals surface area contributed by atoms with Crippen LogP contribution in [0.2, 0.25) is 0 Å². The van der Waals surface area contributed by atoms with Gasteiger partial charge in [-0.1, -0.05) is 464 Å². The highest BCUT2D eigenvalue weighted by atomic mass is 14.6. The third-order valence-electron chi connectivity index (χ3n) is 21.0. The summed E-state index contributed by atoms with van der Waals surface area (Å²) in [6.45, 7) is 66.4. The highest BCUT2D eigenvalue weighted by molar-refractivity contribution is 5.10. The van der Waals surface area contributed by atoms with Crippen molar-refractivity contribution in [3.63, 3.8) is 0 Å². The second kappa shape index (κ2) is 85.6. The summed E-state index contributed by atoms with van der Waals surface area (Å²) in [4.78, 5) is 0. The minimum absolute atomic E-state index is 0. The lowest BCUT2D eigenvalue weighted by atomic mass is 9.72. The second-order valence-electron chi connectivity index (χ2n) is 33.7. The van der Waals surface area contributed by atoms with Gasteiger partial charge < -0.3 is 0 Å². The predicted molar refractivity (Wildman–Crippen MR) is 478 cm³/mol. The highest BCUT2D eigenvalue weighted by Gasteiger charge is 2.59. The van der Waals surface area contributed by atoms with Crippen molar-refractivity contribution in [3.05, 3.63) is 0 Å². The average Bonchev–Trinajstić information content (AvgIpc) is 4.37. The Morgan fingerprint density at radius 3 is 0.719 bits per heavy atom. The van der Waals surface area contributed by atoms with Gasteiger partial charge in [-0.15, -0.1) is 0 Å². The van der Waals surface area contributed by atoms with Crippen LogP contribution >= 0.6 is 0 Å². The Hall–Kier alpha value is 0. The monoisotopic (exact) mass is 1380 g/mol. The predicted octanol–water partition coefficient (Wildman–Crippen LogP) is 39.0. The Morgan fingerprint density at radius 2 is 0.667 bits per heavy atom. The first-order valence-electron chi connectivity index (χ1n) is 38.8. The van der Waals surface area contributed by atoms with Crippen molar-refractivity contribution >= 4 is 0 Å². The Balaban J connectivity index is -0.0000000464. The van der Waals surface area contributed by atoms with Gasteiger partial charge in [0.2, 0.25) is 0 Å². The lowest BCUT2D eigenvalue weighted by Crippen LogP contribution is -2.20. The molecular formula is C96H226. The third-order valence-corrected chi connectivity index (χ3v) is 21.0. The molecule has 4 unspecified atom stereocenters. The summed E-state index contributed by atoms with van der Waals surface area (Å²) >= 11 is 0. The summed E-state index contributed by atoms with van der Waals surface area (Å²) in [6.07, 6.45) is 51.9. The van der Waals surface area contributed by atoms with E-state index in [1.807, 2.05) is 0 Å². The van der Waals surface area contributed by atoms with Gasteiger partial charge in [0, 0.05) is 0 Å². The van der Waals surface area contributed by atoms with Gasteiger partial charge in [-0.2, -0.15) is 0 Å². The summed E-state index contributed by atoms with van der Waals surface area (Å²) < 4.78 is 0. The van der Waals surface area contributed by atoms with Crippen LogP contribution < -0.4 is 0 Å². The quantitative estimate of drug-likeness (QED) is 0.127. The van der Waals surface area contributed by atoms with Gasteiger partial charge in [-0.3, -0.25) is 0 Å². The summed E-state index contributed by atoms with van der Waals surface area (Å²) in [5.41, 5.74) is 2.39. The Morgan fingerprint density at radius 1 is 0.333 bits per heavy atom. The molecule has 9 aliphatic rings. The standard InChI is InChI=1S/5C7H16.C6H10.7C6H12.13CH4/c1-6(2)5-7(3)4;2*1-4-5-6-7(2)3;1-4-6-7(3)5-2;1-3-5-7-6-4-2;1-5-4-6(5)2-3-6;1-5-4-6(5,2)3;1-5-3-6(2)4-5;1-6(2)4-3-5-6;1-5-3-4-6(5)2;1-6-4-2-3-5-6;1-3-6-4-5(6)2;1-2-6-4-3-5-6;;;;;;;;;;;;;/h6-7H,5H2,1-4H3;3*7H,4-6H2,1-3H3;3-7H2,1-2H3;5H,2-4H2,1H3;5H,4H2,1-3H3;5-6H,3-4H2,1-2H3;3-5H2,1-2H3;5-6H,3-4H2,1-2H3;6H,2-5H2,1H3;5-6H,3-4H2,1-2H3;6H,2-5H2,1H3;13*1H4/t;;;7-;;5-;;;;5-,6?;;;;;;;;;;;;;;;;/m...1.0...1................/s1. The number of rotatable bonds is 17. The Labute approximate surface area is 630 Å². The summed E-state index contributed by atoms with van der Waals surface area (Å²) in [7, 11) is 0. The van der Waals surface area contributed by atoms with Crippen LogP contribution in [0.1, 0.15) is 528 Å². The zero-order valence-electron chi connectivity index (χ0n) is 64.6. The van der Waals surface area contributed by atoms with Gasteiger partial charge in [0.15, 0.2) is 0 Å². The molecule has 0 aliphatic heterocycles. The molecule has 610 valence electrons. The molecule has 9 rings (SSSR count). The van der Waals surface area contributed by atoms with Crippen LogP contribution in [0.25, 0.3) is 0 Å². The highest BCUT2D eigenvalue weighted by Crippen LogP contribution is 2.70. The summed E-state index contributed by atoms with van der Waals surface area (Å²) in [5, 5.41) is 0. The lowest BCUT2D eigenvalue weighted by molar-refractivity contribution is 0.190. The molecule has 0 heteroatoms. The first kappa shape index (κ1) is 139. The molecular weight excluding hydrogens is 1150 g/mol. The molecule has 1 spiro atoms. The topological polar surface area (TPSA) is 0 Å². The molecule has 9 saturated carbocycles. The zero-order valence-corrected chi connectivity index (χ0v) is 64.6. The van der Waals surface area contributed by atoms with Crippen molar-refractivity contribution in [3.8, 4) is 0 Å². The van der Waals surface area contributed by atoms with E-state index in [1.165, 1.54) is 212 Å². The van der Waals surface area contributed by atoms with Gasteiger partial charge in [0.05, 0.1) is 0 Å². The molecule has 0 amide bonds. The normalized spacial score (nSPS) is 22.6. The van der Waals surface area contributed by atoms with Crippen LogP contribution in [0.15, 0.2) is 0 Å². The minimum Gasteiger partial charge on any atom is -0.0776 e. The van der Waals surface area contributed by atoms with Gasteiger partial charge in [0.1, 0.15) is 0 Å². The molecule has 0 nitrogen and oxygen atoms in total. The van der Waals surface area contributed by atoms with E-state index < -0.39 is 0 Å². The van der Waals surface area contributed by atoms with E-state index in [0.717, 1.165) is 99.6 Å².